The van der Waals surface area contributed by atoms with Crippen LogP contribution in [0.1, 0.15) is 24.1 Å². The van der Waals surface area contributed by atoms with Crippen molar-refractivity contribution in [2.24, 2.45) is 0 Å². The third-order valence-corrected chi connectivity index (χ3v) is 2.98. The van der Waals surface area contributed by atoms with Crippen LogP contribution in [-0.2, 0) is 0 Å². The summed E-state index contributed by atoms with van der Waals surface area (Å²) in [4.78, 5) is 8.44. The molecule has 21 heavy (non-hydrogen) atoms. The van der Waals surface area contributed by atoms with E-state index >= 15 is 0 Å². The maximum Gasteiger partial charge on any atom is 0.229 e. The average Bonchev–Trinajstić information content (AvgIpc) is 2.54. The Balaban J connectivity index is 2.18. The Morgan fingerprint density at radius 3 is 2.14 bits per heavy atom. The van der Waals surface area contributed by atoms with Crippen molar-refractivity contribution in [3.63, 3.8) is 0 Å². The molecule has 0 bridgehead atoms. The molecule has 0 radical (unpaired) electrons. The number of ether oxygens (including phenoxy) is 2. The molecule has 0 fully saturated rings. The topological polar surface area (TPSA) is 80.1 Å². The molecule has 2 rings (SSSR count). The second kappa shape index (κ2) is 6.57. The lowest BCUT2D eigenvalue weighted by molar-refractivity contribution is 0.372. The van der Waals surface area contributed by atoms with Gasteiger partial charge in [0, 0.05) is 0 Å². The number of aromatic nitrogens is 2. The molecule has 2 aromatic rings. The molecular formula is C15H16N4O2. The van der Waals surface area contributed by atoms with Crippen LogP contribution in [0.25, 0.3) is 0 Å². The van der Waals surface area contributed by atoms with E-state index in [0.717, 1.165) is 5.56 Å². The van der Waals surface area contributed by atoms with E-state index < -0.39 is 0 Å². The molecule has 6 heteroatoms. The van der Waals surface area contributed by atoms with E-state index in [1.807, 2.05) is 19.1 Å². The number of anilines is 1. The van der Waals surface area contributed by atoms with Crippen molar-refractivity contribution in [1.29, 1.82) is 5.26 Å². The highest BCUT2D eigenvalue weighted by molar-refractivity contribution is 5.38. The molecule has 0 aliphatic heterocycles. The summed E-state index contributed by atoms with van der Waals surface area (Å²) in [5.41, 5.74) is 1.66. The largest absolute Gasteiger partial charge is 0.481 e. The molecule has 0 saturated carbocycles. The van der Waals surface area contributed by atoms with Gasteiger partial charge in [-0.15, -0.1) is 0 Å². The molecular weight excluding hydrogens is 268 g/mol. The molecule has 0 amide bonds. The number of nitrogens with zero attached hydrogens (tertiary/aromatic N) is 3. The standard InChI is InChI=1S/C15H16N4O2/c1-10(12-6-4-11(9-16)5-7-12)17-15-18-13(20-2)8-14(19-15)21-3/h4-8,10H,1-3H3,(H,17,18,19). The normalized spacial score (nSPS) is 11.3. The van der Waals surface area contributed by atoms with Crippen molar-refractivity contribution in [2.45, 2.75) is 13.0 Å². The second-order valence-electron chi connectivity index (χ2n) is 4.38. The highest BCUT2D eigenvalue weighted by Crippen LogP contribution is 2.21. The quantitative estimate of drug-likeness (QED) is 0.908. The predicted octanol–water partition coefficient (Wildman–Crippen LogP) is 2.54. The van der Waals surface area contributed by atoms with Gasteiger partial charge in [-0.25, -0.2) is 0 Å². The molecule has 0 aliphatic carbocycles. The fourth-order valence-corrected chi connectivity index (χ4v) is 1.80. The first-order valence-corrected chi connectivity index (χ1v) is 6.40. The summed E-state index contributed by atoms with van der Waals surface area (Å²) in [6.45, 7) is 1.98. The highest BCUT2D eigenvalue weighted by Gasteiger charge is 2.10. The molecule has 1 unspecified atom stereocenters. The number of hydrogen-bond acceptors (Lipinski definition) is 6. The van der Waals surface area contributed by atoms with E-state index in [-0.39, 0.29) is 6.04 Å². The van der Waals surface area contributed by atoms with Crippen LogP contribution in [0.3, 0.4) is 0 Å². The van der Waals surface area contributed by atoms with Crippen LogP contribution in [0.5, 0.6) is 11.8 Å². The van der Waals surface area contributed by atoms with E-state index in [1.165, 1.54) is 14.2 Å². The lowest BCUT2D eigenvalue weighted by atomic mass is 10.1. The minimum absolute atomic E-state index is 0.0189. The molecule has 0 saturated heterocycles. The average molecular weight is 284 g/mol. The van der Waals surface area contributed by atoms with E-state index in [0.29, 0.717) is 23.3 Å². The van der Waals surface area contributed by atoms with Crippen LogP contribution in [0.4, 0.5) is 5.95 Å². The Labute approximate surface area is 123 Å². The van der Waals surface area contributed by atoms with E-state index in [1.54, 1.807) is 18.2 Å². The van der Waals surface area contributed by atoms with Gasteiger partial charge in [0.1, 0.15) is 0 Å². The third-order valence-electron chi connectivity index (χ3n) is 2.98. The number of benzene rings is 1. The van der Waals surface area contributed by atoms with Crippen molar-refractivity contribution in [1.82, 2.24) is 9.97 Å². The van der Waals surface area contributed by atoms with Crippen LogP contribution < -0.4 is 14.8 Å². The second-order valence-corrected chi connectivity index (χ2v) is 4.38. The summed E-state index contributed by atoms with van der Waals surface area (Å²) < 4.78 is 10.2. The molecule has 1 aromatic heterocycles. The van der Waals surface area contributed by atoms with Gasteiger partial charge < -0.3 is 14.8 Å². The van der Waals surface area contributed by atoms with E-state index in [2.05, 4.69) is 21.4 Å². The molecule has 1 N–H and O–H groups in total. The van der Waals surface area contributed by atoms with Gasteiger partial charge in [-0.05, 0) is 24.6 Å². The lowest BCUT2D eigenvalue weighted by Gasteiger charge is -2.15. The predicted molar refractivity (Wildman–Crippen MR) is 78.3 cm³/mol. The van der Waals surface area contributed by atoms with Gasteiger partial charge in [-0.3, -0.25) is 0 Å². The Morgan fingerprint density at radius 2 is 1.67 bits per heavy atom. The number of rotatable bonds is 5. The number of nitrogens with one attached hydrogen (secondary N) is 1. The zero-order valence-electron chi connectivity index (χ0n) is 12.1. The Morgan fingerprint density at radius 1 is 1.10 bits per heavy atom. The fourth-order valence-electron chi connectivity index (χ4n) is 1.80. The van der Waals surface area contributed by atoms with Gasteiger partial charge in [-0.1, -0.05) is 12.1 Å². The van der Waals surface area contributed by atoms with Gasteiger partial charge in [0.15, 0.2) is 0 Å². The molecule has 0 spiro atoms. The number of hydrogen-bond donors (Lipinski definition) is 1. The zero-order valence-corrected chi connectivity index (χ0v) is 12.1. The molecule has 6 nitrogen and oxygen atoms in total. The molecule has 1 heterocycles. The van der Waals surface area contributed by atoms with Crippen molar-refractivity contribution < 1.29 is 9.47 Å². The smallest absolute Gasteiger partial charge is 0.229 e. The number of nitriles is 1. The van der Waals surface area contributed by atoms with Crippen molar-refractivity contribution in [2.75, 3.05) is 19.5 Å². The first-order valence-electron chi connectivity index (χ1n) is 6.40. The maximum atomic E-state index is 8.80. The summed E-state index contributed by atoms with van der Waals surface area (Å²) in [5, 5.41) is 12.0. The van der Waals surface area contributed by atoms with Crippen LogP contribution in [0.15, 0.2) is 30.3 Å². The molecule has 108 valence electrons. The maximum absolute atomic E-state index is 8.80. The van der Waals surface area contributed by atoms with Gasteiger partial charge >= 0.3 is 0 Å². The van der Waals surface area contributed by atoms with Gasteiger partial charge in [0.2, 0.25) is 17.7 Å². The summed E-state index contributed by atoms with van der Waals surface area (Å²) in [6.07, 6.45) is 0. The minimum Gasteiger partial charge on any atom is -0.481 e. The first-order chi connectivity index (χ1) is 10.2. The Hall–Kier alpha value is -2.81. The van der Waals surface area contributed by atoms with Crippen LogP contribution in [0, 0.1) is 11.3 Å². The van der Waals surface area contributed by atoms with Gasteiger partial charge in [0.05, 0.1) is 38.0 Å². The van der Waals surface area contributed by atoms with Crippen molar-refractivity contribution in [3.8, 4) is 17.8 Å². The summed E-state index contributed by atoms with van der Waals surface area (Å²) in [6, 6.07) is 11.0. The summed E-state index contributed by atoms with van der Waals surface area (Å²) in [7, 11) is 3.07. The Bertz CT molecular complexity index is 627. The lowest BCUT2D eigenvalue weighted by Crippen LogP contribution is -2.10. The molecule has 1 atom stereocenters. The van der Waals surface area contributed by atoms with Crippen molar-refractivity contribution in [3.05, 3.63) is 41.5 Å². The highest BCUT2D eigenvalue weighted by atomic mass is 16.5. The first kappa shape index (κ1) is 14.6. The van der Waals surface area contributed by atoms with Crippen LogP contribution in [-0.4, -0.2) is 24.2 Å². The van der Waals surface area contributed by atoms with Gasteiger partial charge in [0.25, 0.3) is 0 Å². The number of methoxy groups -OCH3 is 2. The summed E-state index contributed by atoms with van der Waals surface area (Å²) in [5.74, 6) is 1.27. The fraction of sp³-hybridized carbons (Fsp3) is 0.267. The Kier molecular flexibility index (Phi) is 4.57. The van der Waals surface area contributed by atoms with Crippen LogP contribution >= 0.6 is 0 Å². The molecule has 1 aromatic carbocycles. The minimum atomic E-state index is -0.0189. The van der Waals surface area contributed by atoms with Gasteiger partial charge in [-0.2, -0.15) is 15.2 Å². The monoisotopic (exact) mass is 284 g/mol. The van der Waals surface area contributed by atoms with Crippen LogP contribution in [0.2, 0.25) is 0 Å². The van der Waals surface area contributed by atoms with Crippen molar-refractivity contribution >= 4 is 5.95 Å². The molecule has 0 aliphatic rings. The van der Waals surface area contributed by atoms with E-state index in [4.69, 9.17) is 14.7 Å². The summed E-state index contributed by atoms with van der Waals surface area (Å²) >= 11 is 0. The SMILES string of the molecule is COc1cc(OC)nc(NC(C)c2ccc(C#N)cc2)n1. The third kappa shape index (κ3) is 3.60. The zero-order chi connectivity index (χ0) is 15.2. The van der Waals surface area contributed by atoms with E-state index in [9.17, 15) is 0 Å².